The van der Waals surface area contributed by atoms with Crippen LogP contribution in [-0.2, 0) is 4.74 Å². The summed E-state index contributed by atoms with van der Waals surface area (Å²) in [5.41, 5.74) is 2.07. The smallest absolute Gasteiger partial charge is 0.155 e. The Balaban J connectivity index is 1.75. The van der Waals surface area contributed by atoms with Crippen molar-refractivity contribution < 1.29 is 4.74 Å². The summed E-state index contributed by atoms with van der Waals surface area (Å²) in [7, 11) is 0. The topological polar surface area (TPSA) is 50.3 Å². The van der Waals surface area contributed by atoms with E-state index in [0.29, 0.717) is 5.15 Å². The molecule has 1 aromatic heterocycles. The Morgan fingerprint density at radius 2 is 1.95 bits per heavy atom. The first-order chi connectivity index (χ1) is 9.18. The first kappa shape index (κ1) is 14.5. The van der Waals surface area contributed by atoms with Crippen molar-refractivity contribution in [2.45, 2.75) is 20.3 Å². The lowest BCUT2D eigenvalue weighted by atomic mass is 10.2. The van der Waals surface area contributed by atoms with Crippen LogP contribution in [0, 0.1) is 13.8 Å². The molecule has 0 aliphatic carbocycles. The fraction of sp³-hybridized carbons (Fsp3) is 0.692. The Labute approximate surface area is 119 Å². The van der Waals surface area contributed by atoms with E-state index in [9.17, 15) is 0 Å². The molecule has 1 fully saturated rings. The van der Waals surface area contributed by atoms with Gasteiger partial charge in [-0.2, -0.15) is 0 Å². The lowest BCUT2D eigenvalue weighted by Crippen LogP contribution is -2.37. The van der Waals surface area contributed by atoms with Gasteiger partial charge in [0.2, 0.25) is 0 Å². The Kier molecular flexibility index (Phi) is 5.36. The van der Waals surface area contributed by atoms with Crippen molar-refractivity contribution in [2.24, 2.45) is 0 Å². The summed E-state index contributed by atoms with van der Waals surface area (Å²) in [6.07, 6.45) is 1.09. The highest BCUT2D eigenvalue weighted by Gasteiger charge is 2.10. The van der Waals surface area contributed by atoms with Gasteiger partial charge in [0.1, 0.15) is 0 Å². The average Bonchev–Trinajstić information content (AvgIpc) is 2.44. The molecule has 19 heavy (non-hydrogen) atoms. The molecule has 0 aromatic carbocycles. The molecule has 0 spiro atoms. The summed E-state index contributed by atoms with van der Waals surface area (Å²) in [6.45, 7) is 9.76. The van der Waals surface area contributed by atoms with Crippen LogP contribution in [0.1, 0.15) is 17.5 Å². The van der Waals surface area contributed by atoms with Gasteiger partial charge in [0, 0.05) is 19.6 Å². The highest BCUT2D eigenvalue weighted by Crippen LogP contribution is 2.20. The van der Waals surface area contributed by atoms with Crippen LogP contribution in [0.5, 0.6) is 0 Å². The fourth-order valence-corrected chi connectivity index (χ4v) is 2.26. The Bertz CT molecular complexity index is 421. The maximum absolute atomic E-state index is 5.93. The van der Waals surface area contributed by atoms with Gasteiger partial charge in [-0.3, -0.25) is 4.90 Å². The number of morpholine rings is 1. The Morgan fingerprint density at radius 3 is 2.68 bits per heavy atom. The molecule has 6 heteroatoms. The highest BCUT2D eigenvalue weighted by atomic mass is 35.5. The van der Waals surface area contributed by atoms with Gasteiger partial charge in [0.15, 0.2) is 11.0 Å². The zero-order valence-corrected chi connectivity index (χ0v) is 12.3. The van der Waals surface area contributed by atoms with Gasteiger partial charge >= 0.3 is 0 Å². The summed E-state index contributed by atoms with van der Waals surface area (Å²) in [4.78, 5) is 2.43. The molecule has 106 valence electrons. The molecule has 2 rings (SSSR count). The van der Waals surface area contributed by atoms with Crippen LogP contribution in [0.4, 0.5) is 5.82 Å². The molecule has 1 saturated heterocycles. The Hall–Kier alpha value is -0.910. The molecule has 0 amide bonds. The van der Waals surface area contributed by atoms with Crippen molar-refractivity contribution in [1.29, 1.82) is 0 Å². The molecule has 0 saturated carbocycles. The van der Waals surface area contributed by atoms with Gasteiger partial charge in [-0.25, -0.2) is 0 Å². The maximum atomic E-state index is 5.93. The minimum Gasteiger partial charge on any atom is -0.379 e. The average molecular weight is 285 g/mol. The van der Waals surface area contributed by atoms with Crippen LogP contribution in [-0.4, -0.2) is 54.5 Å². The number of rotatable bonds is 5. The molecule has 5 nitrogen and oxygen atoms in total. The van der Waals surface area contributed by atoms with E-state index in [1.807, 2.05) is 13.8 Å². The molecular formula is C13H21ClN4O. The van der Waals surface area contributed by atoms with Crippen LogP contribution in [0.25, 0.3) is 0 Å². The lowest BCUT2D eigenvalue weighted by molar-refractivity contribution is 0.0378. The van der Waals surface area contributed by atoms with E-state index in [1.54, 1.807) is 0 Å². The van der Waals surface area contributed by atoms with Gasteiger partial charge in [0.05, 0.1) is 13.2 Å². The molecule has 0 bridgehead atoms. The number of halogens is 1. The lowest BCUT2D eigenvalue weighted by Gasteiger charge is -2.26. The standard InChI is InChI=1S/C13H21ClN4O/c1-10-11(2)13(17-16-12(10)14)15-4-3-5-18-6-8-19-9-7-18/h3-9H2,1-2H3,(H,15,17). The largest absolute Gasteiger partial charge is 0.379 e. The molecule has 1 aliphatic heterocycles. The second-order valence-electron chi connectivity index (χ2n) is 4.82. The van der Waals surface area contributed by atoms with E-state index in [4.69, 9.17) is 16.3 Å². The summed E-state index contributed by atoms with van der Waals surface area (Å²) < 4.78 is 5.33. The Morgan fingerprint density at radius 1 is 1.21 bits per heavy atom. The molecule has 1 aliphatic rings. The van der Waals surface area contributed by atoms with Crippen LogP contribution in [0.3, 0.4) is 0 Å². The van der Waals surface area contributed by atoms with Crippen molar-refractivity contribution in [1.82, 2.24) is 15.1 Å². The molecule has 0 atom stereocenters. The third-order valence-corrected chi connectivity index (χ3v) is 3.87. The van der Waals surface area contributed by atoms with Gasteiger partial charge in [-0.1, -0.05) is 11.6 Å². The molecule has 0 unspecified atom stereocenters. The van der Waals surface area contributed by atoms with E-state index in [1.165, 1.54) is 0 Å². The molecule has 1 aromatic rings. The minimum atomic E-state index is 0.483. The number of ether oxygens (including phenoxy) is 1. The molecule has 2 heterocycles. The summed E-state index contributed by atoms with van der Waals surface area (Å²) >= 11 is 5.93. The second-order valence-corrected chi connectivity index (χ2v) is 5.18. The van der Waals surface area contributed by atoms with Crippen LogP contribution in [0.15, 0.2) is 0 Å². The number of hydrogen-bond acceptors (Lipinski definition) is 5. The SMILES string of the molecule is Cc1c(Cl)nnc(NCCCN2CCOCC2)c1C. The number of nitrogens with zero attached hydrogens (tertiary/aromatic N) is 3. The zero-order valence-electron chi connectivity index (χ0n) is 11.6. The quantitative estimate of drug-likeness (QED) is 0.837. The summed E-state index contributed by atoms with van der Waals surface area (Å²) in [5.74, 6) is 0.837. The van der Waals surface area contributed by atoms with Crippen molar-refractivity contribution in [3.05, 3.63) is 16.3 Å². The van der Waals surface area contributed by atoms with Gasteiger partial charge in [0.25, 0.3) is 0 Å². The maximum Gasteiger partial charge on any atom is 0.155 e. The van der Waals surface area contributed by atoms with E-state index < -0.39 is 0 Å². The number of aromatic nitrogens is 2. The van der Waals surface area contributed by atoms with E-state index in [2.05, 4.69) is 20.4 Å². The molecule has 0 radical (unpaired) electrons. The van der Waals surface area contributed by atoms with Crippen molar-refractivity contribution in [3.63, 3.8) is 0 Å². The van der Waals surface area contributed by atoms with Crippen molar-refractivity contribution in [3.8, 4) is 0 Å². The van der Waals surface area contributed by atoms with Gasteiger partial charge in [-0.15, -0.1) is 10.2 Å². The van der Waals surface area contributed by atoms with E-state index in [-0.39, 0.29) is 0 Å². The minimum absolute atomic E-state index is 0.483. The predicted octanol–water partition coefficient (Wildman–Crippen LogP) is 1.88. The van der Waals surface area contributed by atoms with E-state index in [0.717, 1.165) is 62.8 Å². The molecule has 1 N–H and O–H groups in total. The highest BCUT2D eigenvalue weighted by molar-refractivity contribution is 6.30. The number of nitrogens with one attached hydrogen (secondary N) is 1. The first-order valence-electron chi connectivity index (χ1n) is 6.72. The number of hydrogen-bond donors (Lipinski definition) is 1. The third-order valence-electron chi connectivity index (χ3n) is 3.51. The second kappa shape index (κ2) is 7.03. The van der Waals surface area contributed by atoms with Crippen LogP contribution in [0.2, 0.25) is 5.15 Å². The van der Waals surface area contributed by atoms with Gasteiger partial charge in [-0.05, 0) is 37.9 Å². The molecular weight excluding hydrogens is 264 g/mol. The first-order valence-corrected chi connectivity index (χ1v) is 7.09. The van der Waals surface area contributed by atoms with E-state index >= 15 is 0 Å². The van der Waals surface area contributed by atoms with Crippen LogP contribution < -0.4 is 5.32 Å². The van der Waals surface area contributed by atoms with Crippen molar-refractivity contribution >= 4 is 17.4 Å². The van der Waals surface area contributed by atoms with Crippen molar-refractivity contribution in [2.75, 3.05) is 44.7 Å². The fourth-order valence-electron chi connectivity index (χ4n) is 2.08. The normalized spacial score (nSPS) is 16.6. The van der Waals surface area contributed by atoms with Gasteiger partial charge < -0.3 is 10.1 Å². The monoisotopic (exact) mass is 284 g/mol. The summed E-state index contributed by atoms with van der Waals surface area (Å²) in [5, 5.41) is 11.8. The predicted molar refractivity (Wildman–Crippen MR) is 76.9 cm³/mol. The zero-order chi connectivity index (χ0) is 13.7. The third kappa shape index (κ3) is 4.03. The van der Waals surface area contributed by atoms with Crippen LogP contribution >= 0.6 is 11.6 Å². The summed E-state index contributed by atoms with van der Waals surface area (Å²) in [6, 6.07) is 0. The number of anilines is 1.